The third kappa shape index (κ3) is 2.68. The Morgan fingerprint density at radius 3 is 3.05 bits per heavy atom. The Morgan fingerprint density at radius 2 is 2.29 bits per heavy atom. The standard InChI is InChI=1S/C13H18N6O2/c1-2-4-20-10(3-1)5-12-15-13(21-17-12)11-8-19(18-16-11)9-6-14-7-9/h8-10,14H,1-7H2. The number of hydrogen-bond donors (Lipinski definition) is 1. The molecule has 0 amide bonds. The molecular weight excluding hydrogens is 272 g/mol. The van der Waals surface area contributed by atoms with Gasteiger partial charge in [-0.25, -0.2) is 4.68 Å². The number of aromatic nitrogens is 5. The fourth-order valence-corrected chi connectivity index (χ4v) is 2.63. The van der Waals surface area contributed by atoms with Gasteiger partial charge in [0.15, 0.2) is 11.5 Å². The molecule has 0 radical (unpaired) electrons. The number of nitrogens with one attached hydrogen (secondary N) is 1. The normalized spacial score (nSPS) is 23.1. The van der Waals surface area contributed by atoms with Crippen LogP contribution in [0.2, 0.25) is 0 Å². The van der Waals surface area contributed by atoms with E-state index in [4.69, 9.17) is 9.26 Å². The van der Waals surface area contributed by atoms with Crippen molar-refractivity contribution in [1.82, 2.24) is 30.5 Å². The minimum Gasteiger partial charge on any atom is -0.378 e. The zero-order valence-corrected chi connectivity index (χ0v) is 11.7. The first-order valence-corrected chi connectivity index (χ1v) is 7.45. The van der Waals surface area contributed by atoms with E-state index in [9.17, 15) is 0 Å². The smallest absolute Gasteiger partial charge is 0.280 e. The maximum atomic E-state index is 5.69. The molecule has 2 aromatic heterocycles. The molecule has 0 spiro atoms. The Labute approximate surface area is 121 Å². The van der Waals surface area contributed by atoms with Crippen LogP contribution in [0.25, 0.3) is 11.6 Å². The summed E-state index contributed by atoms with van der Waals surface area (Å²) in [6.45, 7) is 2.69. The Kier molecular flexibility index (Phi) is 3.40. The van der Waals surface area contributed by atoms with Crippen molar-refractivity contribution >= 4 is 0 Å². The molecule has 4 heterocycles. The van der Waals surface area contributed by atoms with Gasteiger partial charge in [-0.2, -0.15) is 4.98 Å². The Hall–Kier alpha value is -1.80. The quantitative estimate of drug-likeness (QED) is 0.880. The van der Waals surface area contributed by atoms with E-state index in [2.05, 4.69) is 25.8 Å². The van der Waals surface area contributed by atoms with Gasteiger partial charge in [-0.15, -0.1) is 5.10 Å². The second kappa shape index (κ2) is 5.53. The van der Waals surface area contributed by atoms with E-state index in [1.165, 1.54) is 6.42 Å². The summed E-state index contributed by atoms with van der Waals surface area (Å²) in [6, 6.07) is 0.379. The highest BCUT2D eigenvalue weighted by molar-refractivity contribution is 5.43. The van der Waals surface area contributed by atoms with E-state index in [1.54, 1.807) is 0 Å². The molecule has 1 N–H and O–H groups in total. The largest absolute Gasteiger partial charge is 0.378 e. The molecule has 8 heteroatoms. The summed E-state index contributed by atoms with van der Waals surface area (Å²) in [5, 5.41) is 15.4. The molecule has 0 saturated carbocycles. The van der Waals surface area contributed by atoms with Crippen LogP contribution in [0.15, 0.2) is 10.7 Å². The highest BCUT2D eigenvalue weighted by Gasteiger charge is 2.23. The average molecular weight is 290 g/mol. The van der Waals surface area contributed by atoms with Crippen molar-refractivity contribution in [3.8, 4) is 11.6 Å². The van der Waals surface area contributed by atoms with Crippen molar-refractivity contribution in [3.63, 3.8) is 0 Å². The van der Waals surface area contributed by atoms with E-state index < -0.39 is 0 Å². The third-order valence-corrected chi connectivity index (χ3v) is 4.02. The van der Waals surface area contributed by atoms with Crippen molar-refractivity contribution in [2.45, 2.75) is 37.8 Å². The summed E-state index contributed by atoms with van der Waals surface area (Å²) < 4.78 is 12.8. The monoisotopic (exact) mass is 290 g/mol. The van der Waals surface area contributed by atoms with Crippen LogP contribution in [0.3, 0.4) is 0 Å². The zero-order valence-electron chi connectivity index (χ0n) is 11.7. The number of nitrogens with zero attached hydrogens (tertiary/aromatic N) is 5. The molecule has 2 aromatic rings. The Balaban J connectivity index is 1.44. The second-order valence-corrected chi connectivity index (χ2v) is 5.60. The van der Waals surface area contributed by atoms with Gasteiger partial charge in [0.2, 0.25) is 0 Å². The van der Waals surface area contributed by atoms with Crippen molar-refractivity contribution < 1.29 is 9.26 Å². The van der Waals surface area contributed by atoms with E-state index in [-0.39, 0.29) is 6.10 Å². The van der Waals surface area contributed by atoms with Crippen LogP contribution in [0.4, 0.5) is 0 Å². The summed E-state index contributed by atoms with van der Waals surface area (Å²) >= 11 is 0. The molecule has 1 atom stereocenters. The summed E-state index contributed by atoms with van der Waals surface area (Å²) in [5.41, 5.74) is 0.630. The average Bonchev–Trinajstić information content (AvgIpc) is 3.07. The van der Waals surface area contributed by atoms with Crippen molar-refractivity contribution in [1.29, 1.82) is 0 Å². The first kappa shape index (κ1) is 12.9. The number of hydrogen-bond acceptors (Lipinski definition) is 7. The SMILES string of the molecule is c1c(-c2nc(CC3CCCCO3)no2)nnn1C1CNC1. The van der Waals surface area contributed by atoms with Gasteiger partial charge in [0.1, 0.15) is 0 Å². The fraction of sp³-hybridized carbons (Fsp3) is 0.692. The molecule has 0 aliphatic carbocycles. The lowest BCUT2D eigenvalue weighted by molar-refractivity contribution is 0.0153. The van der Waals surface area contributed by atoms with Gasteiger partial charge in [0.05, 0.1) is 18.3 Å². The van der Waals surface area contributed by atoms with Crippen LogP contribution in [-0.4, -0.2) is 50.9 Å². The van der Waals surface area contributed by atoms with Crippen LogP contribution >= 0.6 is 0 Å². The van der Waals surface area contributed by atoms with Gasteiger partial charge in [-0.3, -0.25) is 0 Å². The molecule has 112 valence electrons. The van der Waals surface area contributed by atoms with Crippen molar-refractivity contribution in [2.75, 3.05) is 19.7 Å². The maximum Gasteiger partial charge on any atom is 0.280 e. The van der Waals surface area contributed by atoms with Crippen LogP contribution in [0.5, 0.6) is 0 Å². The maximum absolute atomic E-state index is 5.69. The second-order valence-electron chi connectivity index (χ2n) is 5.60. The lowest BCUT2D eigenvalue weighted by Crippen LogP contribution is -2.43. The van der Waals surface area contributed by atoms with E-state index in [0.717, 1.165) is 32.5 Å². The summed E-state index contributed by atoms with van der Waals surface area (Å²) in [5.74, 6) is 1.11. The van der Waals surface area contributed by atoms with Crippen LogP contribution in [0, 0.1) is 0 Å². The van der Waals surface area contributed by atoms with Gasteiger partial charge in [0.25, 0.3) is 5.89 Å². The third-order valence-electron chi connectivity index (χ3n) is 4.02. The minimum atomic E-state index is 0.209. The van der Waals surface area contributed by atoms with Gasteiger partial charge < -0.3 is 14.6 Å². The summed E-state index contributed by atoms with van der Waals surface area (Å²) in [4.78, 5) is 4.40. The van der Waals surface area contributed by atoms with Crippen LogP contribution in [0.1, 0.15) is 31.1 Å². The molecule has 8 nitrogen and oxygen atoms in total. The van der Waals surface area contributed by atoms with Gasteiger partial charge in [0, 0.05) is 26.1 Å². The van der Waals surface area contributed by atoms with Gasteiger partial charge >= 0.3 is 0 Å². The summed E-state index contributed by atoms with van der Waals surface area (Å²) in [6.07, 6.45) is 6.19. The van der Waals surface area contributed by atoms with Crippen molar-refractivity contribution in [2.24, 2.45) is 0 Å². The molecule has 4 rings (SSSR count). The first-order chi connectivity index (χ1) is 10.4. The predicted molar refractivity (Wildman–Crippen MR) is 72.5 cm³/mol. The van der Waals surface area contributed by atoms with Gasteiger partial charge in [-0.05, 0) is 19.3 Å². The van der Waals surface area contributed by atoms with Crippen molar-refractivity contribution in [3.05, 3.63) is 12.0 Å². The molecule has 21 heavy (non-hydrogen) atoms. The molecule has 2 aliphatic heterocycles. The highest BCUT2D eigenvalue weighted by atomic mass is 16.5. The fourth-order valence-electron chi connectivity index (χ4n) is 2.63. The molecule has 2 aliphatic rings. The Morgan fingerprint density at radius 1 is 1.33 bits per heavy atom. The zero-order chi connectivity index (χ0) is 14.1. The topological polar surface area (TPSA) is 90.9 Å². The molecule has 1 unspecified atom stereocenters. The molecule has 0 aromatic carbocycles. The Bertz CT molecular complexity index is 599. The predicted octanol–water partition coefficient (Wildman–Crippen LogP) is 0.584. The molecule has 0 bridgehead atoms. The van der Waals surface area contributed by atoms with E-state index in [1.807, 2.05) is 10.9 Å². The minimum absolute atomic E-state index is 0.209. The lowest BCUT2D eigenvalue weighted by atomic mass is 10.1. The first-order valence-electron chi connectivity index (χ1n) is 7.45. The van der Waals surface area contributed by atoms with Gasteiger partial charge in [-0.1, -0.05) is 10.4 Å². The molecule has 2 saturated heterocycles. The lowest BCUT2D eigenvalue weighted by Gasteiger charge is -2.26. The summed E-state index contributed by atoms with van der Waals surface area (Å²) in [7, 11) is 0. The molecular formula is C13H18N6O2. The molecule has 2 fully saturated rings. The number of ether oxygens (including phenoxy) is 1. The van der Waals surface area contributed by atoms with E-state index >= 15 is 0 Å². The number of rotatable bonds is 4. The van der Waals surface area contributed by atoms with E-state index in [0.29, 0.717) is 29.9 Å². The van der Waals surface area contributed by atoms with Crippen LogP contribution < -0.4 is 5.32 Å². The highest BCUT2D eigenvalue weighted by Crippen LogP contribution is 2.20. The van der Waals surface area contributed by atoms with Crippen LogP contribution in [-0.2, 0) is 11.2 Å².